The molecule has 0 fully saturated rings. The van der Waals surface area contributed by atoms with E-state index in [4.69, 9.17) is 28.4 Å². The number of thioether (sulfide) groups is 1. The maximum atomic E-state index is 12.8. The molecule has 2 aromatic carbocycles. The standard InChI is InChI=1S/C29H28N2O10S/c1-36-19-11-7-17(8-12-19)25(31-16-21(27(33)39-4)24(30-31)29(35)41-6)26(18-9-13-20(37-2)14-10-18)42-22(28(34)40-5)15-23(32)38-3/h7-16H,1-6H3/b22-15-,26-25-. The number of hydrogen-bond donors (Lipinski definition) is 0. The molecule has 0 saturated heterocycles. The van der Waals surface area contributed by atoms with Gasteiger partial charge in [0.25, 0.3) is 0 Å². The van der Waals surface area contributed by atoms with Crippen molar-refractivity contribution < 1.29 is 47.6 Å². The van der Waals surface area contributed by atoms with Crippen molar-refractivity contribution in [3.8, 4) is 11.5 Å². The van der Waals surface area contributed by atoms with E-state index in [1.165, 1.54) is 46.4 Å². The molecule has 0 aliphatic heterocycles. The van der Waals surface area contributed by atoms with Gasteiger partial charge in [-0.3, -0.25) is 0 Å². The Kier molecular flexibility index (Phi) is 10.9. The Morgan fingerprint density at radius 3 is 1.74 bits per heavy atom. The number of methoxy groups -OCH3 is 6. The van der Waals surface area contributed by atoms with Gasteiger partial charge in [0.15, 0.2) is 5.69 Å². The number of carbonyl (C=O) groups is 4. The Hall–Kier alpha value is -5.04. The van der Waals surface area contributed by atoms with Gasteiger partial charge in [-0.25, -0.2) is 23.9 Å². The fraction of sp³-hybridized carbons (Fsp3) is 0.207. The molecule has 3 aromatic rings. The molecule has 1 heterocycles. The van der Waals surface area contributed by atoms with Gasteiger partial charge in [-0.05, 0) is 42.0 Å². The molecule has 0 aliphatic carbocycles. The minimum Gasteiger partial charge on any atom is -0.497 e. The summed E-state index contributed by atoms with van der Waals surface area (Å²) in [5, 5.41) is 4.39. The Morgan fingerprint density at radius 2 is 1.26 bits per heavy atom. The first-order chi connectivity index (χ1) is 20.2. The van der Waals surface area contributed by atoms with Crippen molar-refractivity contribution in [3.05, 3.63) is 88.1 Å². The van der Waals surface area contributed by atoms with Crippen LogP contribution >= 0.6 is 11.8 Å². The molecule has 42 heavy (non-hydrogen) atoms. The summed E-state index contributed by atoms with van der Waals surface area (Å²) in [6.07, 6.45) is 2.30. The highest BCUT2D eigenvalue weighted by Gasteiger charge is 2.28. The van der Waals surface area contributed by atoms with E-state index in [0.29, 0.717) is 33.2 Å². The van der Waals surface area contributed by atoms with Crippen molar-refractivity contribution in [2.24, 2.45) is 0 Å². The largest absolute Gasteiger partial charge is 0.497 e. The summed E-state index contributed by atoms with van der Waals surface area (Å²) >= 11 is 0.884. The molecule has 0 amide bonds. The molecule has 0 atom stereocenters. The lowest BCUT2D eigenvalue weighted by Gasteiger charge is -2.18. The molecule has 13 heteroatoms. The lowest BCUT2D eigenvalue weighted by atomic mass is 10.1. The zero-order chi connectivity index (χ0) is 30.8. The summed E-state index contributed by atoms with van der Waals surface area (Å²) in [5.74, 6) is -2.17. The first-order valence-electron chi connectivity index (χ1n) is 12.1. The number of aromatic nitrogens is 2. The maximum absolute atomic E-state index is 12.8. The molecular formula is C29H28N2O10S. The third kappa shape index (κ3) is 7.18. The van der Waals surface area contributed by atoms with Gasteiger partial charge in [-0.1, -0.05) is 23.9 Å². The van der Waals surface area contributed by atoms with E-state index in [1.807, 2.05) is 0 Å². The molecule has 0 bridgehead atoms. The Morgan fingerprint density at radius 1 is 0.714 bits per heavy atom. The molecule has 0 N–H and O–H groups in total. The molecule has 0 aliphatic rings. The summed E-state index contributed by atoms with van der Waals surface area (Å²) in [5.41, 5.74) is 0.945. The van der Waals surface area contributed by atoms with Crippen LogP contribution in [0.1, 0.15) is 32.0 Å². The minimum atomic E-state index is -0.872. The van der Waals surface area contributed by atoms with E-state index in [9.17, 15) is 19.2 Å². The van der Waals surface area contributed by atoms with Crippen LogP contribution in [0.25, 0.3) is 10.6 Å². The summed E-state index contributed by atoms with van der Waals surface area (Å²) in [6.45, 7) is 0. The zero-order valence-corrected chi connectivity index (χ0v) is 24.5. The Bertz CT molecular complexity index is 1490. The fourth-order valence-corrected chi connectivity index (χ4v) is 4.71. The fourth-order valence-electron chi connectivity index (χ4n) is 3.60. The number of benzene rings is 2. The zero-order valence-electron chi connectivity index (χ0n) is 23.7. The molecular weight excluding hydrogens is 568 g/mol. The molecule has 0 spiro atoms. The number of esters is 4. The smallest absolute Gasteiger partial charge is 0.359 e. The van der Waals surface area contributed by atoms with Crippen LogP contribution in [0.4, 0.5) is 0 Å². The minimum absolute atomic E-state index is 0.116. The van der Waals surface area contributed by atoms with Gasteiger partial charge in [0, 0.05) is 22.7 Å². The number of nitrogens with zero attached hydrogens (tertiary/aromatic N) is 2. The van der Waals surface area contributed by atoms with Crippen LogP contribution in [-0.2, 0) is 28.5 Å². The second-order valence-electron chi connectivity index (χ2n) is 8.08. The van der Waals surface area contributed by atoms with E-state index < -0.39 is 23.9 Å². The van der Waals surface area contributed by atoms with Crippen LogP contribution in [0.2, 0.25) is 0 Å². The SMILES string of the molecule is COC(=O)/C=C(\S/C(=C(/c1ccc(OC)cc1)n1cc(C(=O)OC)c(C(=O)OC)n1)c1ccc(OC)cc1)C(=O)OC. The van der Waals surface area contributed by atoms with Crippen LogP contribution in [0, 0.1) is 0 Å². The predicted molar refractivity (Wildman–Crippen MR) is 153 cm³/mol. The number of carbonyl (C=O) groups excluding carboxylic acids is 4. The summed E-state index contributed by atoms with van der Waals surface area (Å²) in [7, 11) is 7.71. The van der Waals surface area contributed by atoms with Gasteiger partial charge in [0.05, 0.1) is 48.4 Å². The Labute approximate surface area is 245 Å². The quantitative estimate of drug-likeness (QED) is 0.137. The highest BCUT2D eigenvalue weighted by molar-refractivity contribution is 8.12. The molecule has 12 nitrogen and oxygen atoms in total. The summed E-state index contributed by atoms with van der Waals surface area (Å²) in [4.78, 5) is 50.5. The molecule has 0 saturated carbocycles. The second kappa shape index (κ2) is 14.6. The van der Waals surface area contributed by atoms with Crippen molar-refractivity contribution in [1.82, 2.24) is 9.78 Å². The summed E-state index contributed by atoms with van der Waals surface area (Å²) in [6, 6.07) is 13.7. The topological polar surface area (TPSA) is 141 Å². The molecule has 0 radical (unpaired) electrons. The lowest BCUT2D eigenvalue weighted by Crippen LogP contribution is -2.11. The van der Waals surface area contributed by atoms with E-state index in [-0.39, 0.29) is 16.2 Å². The van der Waals surface area contributed by atoms with Crippen molar-refractivity contribution >= 4 is 46.2 Å². The van der Waals surface area contributed by atoms with Crippen molar-refractivity contribution in [2.75, 3.05) is 42.7 Å². The maximum Gasteiger partial charge on any atom is 0.359 e. The highest BCUT2D eigenvalue weighted by atomic mass is 32.2. The second-order valence-corrected chi connectivity index (χ2v) is 9.13. The first-order valence-corrected chi connectivity index (χ1v) is 12.9. The van der Waals surface area contributed by atoms with Gasteiger partial charge in [0.2, 0.25) is 0 Å². The third-order valence-electron chi connectivity index (χ3n) is 5.71. The number of rotatable bonds is 11. The third-order valence-corrected chi connectivity index (χ3v) is 6.84. The van der Waals surface area contributed by atoms with E-state index >= 15 is 0 Å². The molecule has 0 unspecified atom stereocenters. The van der Waals surface area contributed by atoms with E-state index in [1.54, 1.807) is 48.5 Å². The van der Waals surface area contributed by atoms with Crippen molar-refractivity contribution in [3.63, 3.8) is 0 Å². The predicted octanol–water partition coefficient (Wildman–Crippen LogP) is 3.81. The highest BCUT2D eigenvalue weighted by Crippen LogP contribution is 2.41. The molecule has 3 rings (SSSR count). The van der Waals surface area contributed by atoms with Gasteiger partial charge in [-0.2, -0.15) is 5.10 Å². The van der Waals surface area contributed by atoms with Crippen LogP contribution in [0.5, 0.6) is 11.5 Å². The average Bonchev–Trinajstić information content (AvgIpc) is 3.48. The van der Waals surface area contributed by atoms with Gasteiger partial charge in [0.1, 0.15) is 22.0 Å². The van der Waals surface area contributed by atoms with Crippen LogP contribution < -0.4 is 9.47 Å². The molecule has 1 aromatic heterocycles. The number of hydrogen-bond acceptors (Lipinski definition) is 12. The van der Waals surface area contributed by atoms with Gasteiger partial charge in [-0.15, -0.1) is 0 Å². The van der Waals surface area contributed by atoms with E-state index in [2.05, 4.69) is 5.10 Å². The average molecular weight is 597 g/mol. The van der Waals surface area contributed by atoms with Crippen LogP contribution in [0.15, 0.2) is 65.7 Å². The van der Waals surface area contributed by atoms with E-state index in [0.717, 1.165) is 24.9 Å². The van der Waals surface area contributed by atoms with Gasteiger partial charge >= 0.3 is 23.9 Å². The van der Waals surface area contributed by atoms with Gasteiger partial charge < -0.3 is 28.4 Å². The van der Waals surface area contributed by atoms with Crippen molar-refractivity contribution in [1.29, 1.82) is 0 Å². The molecule has 220 valence electrons. The Balaban J connectivity index is 2.47. The number of ether oxygens (including phenoxy) is 6. The van der Waals surface area contributed by atoms with Crippen molar-refractivity contribution in [2.45, 2.75) is 0 Å². The van der Waals surface area contributed by atoms with Crippen LogP contribution in [-0.4, -0.2) is 76.3 Å². The van der Waals surface area contributed by atoms with Crippen LogP contribution in [0.3, 0.4) is 0 Å². The monoisotopic (exact) mass is 596 g/mol. The lowest BCUT2D eigenvalue weighted by molar-refractivity contribution is -0.137. The normalized spacial score (nSPS) is 11.6. The first kappa shape index (κ1) is 31.5. The summed E-state index contributed by atoms with van der Waals surface area (Å²) < 4.78 is 31.3.